The van der Waals surface area contributed by atoms with Crippen LogP contribution in [0, 0.1) is 0 Å². The fourth-order valence-electron chi connectivity index (χ4n) is 2.21. The van der Waals surface area contributed by atoms with Gasteiger partial charge < -0.3 is 14.8 Å². The first-order chi connectivity index (χ1) is 8.65. The molecule has 6 nitrogen and oxygen atoms in total. The van der Waals surface area contributed by atoms with E-state index >= 15 is 0 Å². The molecule has 1 saturated heterocycles. The molecule has 0 atom stereocenters. The first-order valence-electron chi connectivity index (χ1n) is 5.68. The molecule has 0 aliphatic carbocycles. The van der Waals surface area contributed by atoms with E-state index in [0.29, 0.717) is 10.3 Å². The average Bonchev–Trinajstić information content (AvgIpc) is 2.94. The van der Waals surface area contributed by atoms with Gasteiger partial charge in [0, 0.05) is 25.2 Å². The molecule has 0 N–H and O–H groups in total. The Balaban J connectivity index is 0.00000133. The van der Waals surface area contributed by atoms with Crippen molar-refractivity contribution in [2.45, 2.75) is 12.8 Å². The predicted octanol–water partition coefficient (Wildman–Crippen LogP) is -2.54. The second-order valence-corrected chi connectivity index (χ2v) is 5.03. The molecule has 0 radical (unpaired) electrons. The monoisotopic (exact) mass is 348 g/mol. The SMILES string of the molecule is O=C([O-])c1cc(N2CCCC2)n2nc(Br)cc2n1.[K+]. The van der Waals surface area contributed by atoms with Gasteiger partial charge in [-0.25, -0.2) is 4.98 Å². The molecule has 94 valence electrons. The van der Waals surface area contributed by atoms with Gasteiger partial charge in [-0.1, -0.05) is 0 Å². The van der Waals surface area contributed by atoms with E-state index in [-0.39, 0.29) is 57.1 Å². The van der Waals surface area contributed by atoms with E-state index in [1.165, 1.54) is 6.07 Å². The zero-order chi connectivity index (χ0) is 12.7. The number of carbonyl (C=O) groups excluding carboxylic acids is 1. The summed E-state index contributed by atoms with van der Waals surface area (Å²) in [7, 11) is 0. The molecule has 0 saturated carbocycles. The van der Waals surface area contributed by atoms with Gasteiger partial charge in [0.15, 0.2) is 5.65 Å². The third-order valence-electron chi connectivity index (χ3n) is 3.02. The van der Waals surface area contributed by atoms with Gasteiger partial charge in [0.05, 0.1) is 11.7 Å². The van der Waals surface area contributed by atoms with E-state index < -0.39 is 5.97 Å². The van der Waals surface area contributed by atoms with E-state index in [2.05, 4.69) is 30.9 Å². The van der Waals surface area contributed by atoms with Gasteiger partial charge in [-0.05, 0) is 28.8 Å². The van der Waals surface area contributed by atoms with E-state index in [4.69, 9.17) is 0 Å². The maximum Gasteiger partial charge on any atom is 1.00 e. The molecular formula is C11H10BrKN4O2. The largest absolute Gasteiger partial charge is 1.00 e. The summed E-state index contributed by atoms with van der Waals surface area (Å²) in [5.41, 5.74) is 0.447. The molecule has 1 fully saturated rings. The van der Waals surface area contributed by atoms with Crippen LogP contribution < -0.4 is 61.4 Å². The summed E-state index contributed by atoms with van der Waals surface area (Å²) in [5.74, 6) is -0.516. The average molecular weight is 349 g/mol. The standard InChI is InChI=1S/C11H11BrN4O2.K/c12-8-6-9-13-7(11(17)18)5-10(16(9)14-8)15-3-1-2-4-15;/h5-6H,1-4H2,(H,17,18);/q;+1/p-1. The van der Waals surface area contributed by atoms with E-state index in [9.17, 15) is 9.90 Å². The Kier molecular flexibility index (Phi) is 5.02. The molecule has 3 rings (SSSR count). The Morgan fingerprint density at radius 1 is 1.32 bits per heavy atom. The van der Waals surface area contributed by atoms with Crippen LogP contribution in [0.25, 0.3) is 5.65 Å². The van der Waals surface area contributed by atoms with Crippen molar-refractivity contribution in [2.75, 3.05) is 18.0 Å². The molecule has 2 aromatic rings. The van der Waals surface area contributed by atoms with Gasteiger partial charge in [0.2, 0.25) is 0 Å². The minimum absolute atomic E-state index is 0. The number of fused-ring (bicyclic) bond motifs is 1. The number of hydrogen-bond donors (Lipinski definition) is 0. The summed E-state index contributed by atoms with van der Waals surface area (Å²) in [5, 5.41) is 15.3. The van der Waals surface area contributed by atoms with E-state index in [1.54, 1.807) is 10.6 Å². The van der Waals surface area contributed by atoms with Crippen molar-refractivity contribution < 1.29 is 61.3 Å². The Hall–Kier alpha value is 0.00636. The smallest absolute Gasteiger partial charge is 0.543 e. The van der Waals surface area contributed by atoms with Gasteiger partial charge in [-0.15, -0.1) is 0 Å². The summed E-state index contributed by atoms with van der Waals surface area (Å²) < 4.78 is 2.29. The van der Waals surface area contributed by atoms with Gasteiger partial charge in [0.25, 0.3) is 0 Å². The molecule has 0 amide bonds. The van der Waals surface area contributed by atoms with Crippen molar-refractivity contribution in [3.63, 3.8) is 0 Å². The third-order valence-corrected chi connectivity index (χ3v) is 3.41. The van der Waals surface area contributed by atoms with Crippen LogP contribution >= 0.6 is 15.9 Å². The fourth-order valence-corrected chi connectivity index (χ4v) is 2.57. The minimum Gasteiger partial charge on any atom is -0.543 e. The van der Waals surface area contributed by atoms with Crippen LogP contribution in [0.5, 0.6) is 0 Å². The molecule has 3 heterocycles. The summed E-state index contributed by atoms with van der Waals surface area (Å²) in [6.45, 7) is 1.81. The Labute approximate surface area is 160 Å². The Morgan fingerprint density at radius 3 is 2.63 bits per heavy atom. The maximum absolute atomic E-state index is 11.0. The number of aromatic carboxylic acids is 1. The number of halogens is 1. The van der Waals surface area contributed by atoms with Gasteiger partial charge in [-0.2, -0.15) is 9.61 Å². The number of anilines is 1. The molecular weight excluding hydrogens is 339 g/mol. The van der Waals surface area contributed by atoms with E-state index in [1.807, 2.05) is 0 Å². The summed E-state index contributed by atoms with van der Waals surface area (Å²) in [4.78, 5) is 17.1. The number of rotatable bonds is 2. The fraction of sp³-hybridized carbons (Fsp3) is 0.364. The van der Waals surface area contributed by atoms with Crippen molar-refractivity contribution >= 4 is 33.4 Å². The number of aromatic nitrogens is 3. The molecule has 0 unspecified atom stereocenters. The topological polar surface area (TPSA) is 73.6 Å². The van der Waals surface area contributed by atoms with Crippen molar-refractivity contribution in [1.82, 2.24) is 14.6 Å². The van der Waals surface area contributed by atoms with Crippen LogP contribution in [0.4, 0.5) is 5.82 Å². The van der Waals surface area contributed by atoms with Crippen molar-refractivity contribution in [2.24, 2.45) is 0 Å². The zero-order valence-corrected chi connectivity index (χ0v) is 15.2. The first-order valence-corrected chi connectivity index (χ1v) is 6.47. The third kappa shape index (κ3) is 3.03. The predicted molar refractivity (Wildman–Crippen MR) is 66.5 cm³/mol. The molecule has 19 heavy (non-hydrogen) atoms. The van der Waals surface area contributed by atoms with Crippen molar-refractivity contribution in [3.8, 4) is 0 Å². The van der Waals surface area contributed by atoms with Gasteiger partial charge >= 0.3 is 51.4 Å². The van der Waals surface area contributed by atoms with Crippen molar-refractivity contribution in [3.05, 3.63) is 22.4 Å². The van der Waals surface area contributed by atoms with Crippen LogP contribution in [0.2, 0.25) is 0 Å². The van der Waals surface area contributed by atoms with Crippen LogP contribution in [-0.4, -0.2) is 33.7 Å². The Morgan fingerprint density at radius 2 is 2.00 bits per heavy atom. The number of nitrogens with zero attached hydrogens (tertiary/aromatic N) is 4. The molecule has 0 bridgehead atoms. The molecule has 1 aliphatic heterocycles. The molecule has 1 aliphatic rings. The van der Waals surface area contributed by atoms with Crippen LogP contribution in [0.15, 0.2) is 16.7 Å². The summed E-state index contributed by atoms with van der Waals surface area (Å²) >= 11 is 3.28. The van der Waals surface area contributed by atoms with Crippen LogP contribution in [0.1, 0.15) is 23.3 Å². The minimum atomic E-state index is -1.27. The quantitative estimate of drug-likeness (QED) is 0.559. The van der Waals surface area contributed by atoms with Gasteiger partial charge in [-0.3, -0.25) is 0 Å². The number of carboxylic acid groups (broad SMARTS) is 1. The molecule has 2 aromatic heterocycles. The second-order valence-electron chi connectivity index (χ2n) is 4.22. The summed E-state index contributed by atoms with van der Waals surface area (Å²) in [6.07, 6.45) is 2.21. The first kappa shape index (κ1) is 15.4. The number of carboxylic acids is 1. The van der Waals surface area contributed by atoms with E-state index in [0.717, 1.165) is 31.7 Å². The normalized spacial score (nSPS) is 14.7. The molecule has 0 spiro atoms. The Bertz CT molecular complexity index is 624. The van der Waals surface area contributed by atoms with Crippen LogP contribution in [-0.2, 0) is 0 Å². The maximum atomic E-state index is 11.0. The summed E-state index contributed by atoms with van der Waals surface area (Å²) in [6, 6.07) is 3.21. The molecule has 8 heteroatoms. The zero-order valence-electron chi connectivity index (χ0n) is 10.5. The second kappa shape index (κ2) is 6.19. The van der Waals surface area contributed by atoms with Crippen LogP contribution in [0.3, 0.4) is 0 Å². The number of hydrogen-bond acceptors (Lipinski definition) is 5. The van der Waals surface area contributed by atoms with Crippen molar-refractivity contribution in [1.29, 1.82) is 0 Å². The van der Waals surface area contributed by atoms with Gasteiger partial charge in [0.1, 0.15) is 10.4 Å². The molecule has 0 aromatic carbocycles. The number of carbonyl (C=O) groups is 1.